The van der Waals surface area contributed by atoms with Gasteiger partial charge in [0, 0.05) is 18.1 Å². The van der Waals surface area contributed by atoms with Gasteiger partial charge in [-0.1, -0.05) is 62.7 Å². The summed E-state index contributed by atoms with van der Waals surface area (Å²) in [6, 6.07) is 12.8. The number of fused-ring (bicyclic) bond motifs is 1. The molecule has 23 heavy (non-hydrogen) atoms. The van der Waals surface area contributed by atoms with Crippen LogP contribution >= 0.6 is 0 Å². The Morgan fingerprint density at radius 2 is 1.91 bits per heavy atom. The molecule has 0 amide bonds. The summed E-state index contributed by atoms with van der Waals surface area (Å²) >= 11 is 0. The second-order valence-electron chi connectivity index (χ2n) is 6.71. The third-order valence-electron chi connectivity index (χ3n) is 4.49. The molecule has 0 spiro atoms. The molecule has 2 aromatic rings. The quantitative estimate of drug-likeness (QED) is 0.695. The van der Waals surface area contributed by atoms with Crippen LogP contribution in [0.1, 0.15) is 50.3 Å². The molecule has 1 atom stereocenters. The number of aryl methyl sites for hydroxylation is 1. The van der Waals surface area contributed by atoms with Gasteiger partial charge in [-0.25, -0.2) is 4.79 Å². The first-order valence-electron chi connectivity index (χ1n) is 8.53. The van der Waals surface area contributed by atoms with E-state index in [2.05, 4.69) is 50.2 Å². The zero-order chi connectivity index (χ0) is 16.2. The Balaban J connectivity index is 1.92. The van der Waals surface area contributed by atoms with Crippen LogP contribution in [-0.2, 0) is 16.0 Å². The van der Waals surface area contributed by atoms with Crippen LogP contribution in [0.15, 0.2) is 48.6 Å². The summed E-state index contributed by atoms with van der Waals surface area (Å²) in [6.07, 6.45) is 7.57. The largest absolute Gasteiger partial charge is 0.454 e. The van der Waals surface area contributed by atoms with Gasteiger partial charge in [0.25, 0.3) is 0 Å². The molecule has 0 fully saturated rings. The number of benzene rings is 2. The van der Waals surface area contributed by atoms with Crippen molar-refractivity contribution in [2.75, 3.05) is 0 Å². The molecule has 3 rings (SSSR count). The summed E-state index contributed by atoms with van der Waals surface area (Å²) in [5, 5.41) is 2.50. The van der Waals surface area contributed by atoms with E-state index in [4.69, 9.17) is 4.74 Å². The molecule has 120 valence electrons. The molecule has 0 radical (unpaired) electrons. The molecule has 0 N–H and O–H groups in total. The van der Waals surface area contributed by atoms with Crippen LogP contribution in [0.2, 0.25) is 0 Å². The Morgan fingerprint density at radius 3 is 2.65 bits per heavy atom. The third-order valence-corrected chi connectivity index (χ3v) is 4.49. The van der Waals surface area contributed by atoms with Crippen LogP contribution in [0, 0.1) is 5.92 Å². The van der Waals surface area contributed by atoms with Crippen molar-refractivity contribution >= 4 is 16.7 Å². The second-order valence-corrected chi connectivity index (χ2v) is 6.71. The van der Waals surface area contributed by atoms with Gasteiger partial charge in [0.1, 0.15) is 6.10 Å². The zero-order valence-electron chi connectivity index (χ0n) is 13.9. The SMILES string of the molecule is CC(C)CCCc1ccc(C2CC=CC(=O)O2)c2ccccc12. The molecule has 2 aromatic carbocycles. The summed E-state index contributed by atoms with van der Waals surface area (Å²) in [4.78, 5) is 11.5. The maximum Gasteiger partial charge on any atom is 0.331 e. The smallest absolute Gasteiger partial charge is 0.331 e. The van der Waals surface area contributed by atoms with E-state index in [0.717, 1.165) is 24.3 Å². The lowest BCUT2D eigenvalue weighted by molar-refractivity contribution is -0.144. The van der Waals surface area contributed by atoms with Gasteiger partial charge < -0.3 is 4.74 Å². The highest BCUT2D eigenvalue weighted by Gasteiger charge is 2.20. The molecule has 1 unspecified atom stereocenters. The highest BCUT2D eigenvalue weighted by molar-refractivity contribution is 5.90. The number of cyclic esters (lactones) is 1. The first-order chi connectivity index (χ1) is 11.1. The van der Waals surface area contributed by atoms with Crippen LogP contribution in [0.3, 0.4) is 0 Å². The van der Waals surface area contributed by atoms with Gasteiger partial charge in [0.2, 0.25) is 0 Å². The second kappa shape index (κ2) is 6.99. The van der Waals surface area contributed by atoms with E-state index in [9.17, 15) is 4.79 Å². The van der Waals surface area contributed by atoms with Crippen molar-refractivity contribution in [3.8, 4) is 0 Å². The Morgan fingerprint density at radius 1 is 1.13 bits per heavy atom. The van der Waals surface area contributed by atoms with E-state index in [0.29, 0.717) is 0 Å². The number of esters is 1. The fraction of sp³-hybridized carbons (Fsp3) is 0.381. The van der Waals surface area contributed by atoms with E-state index in [1.54, 1.807) is 0 Å². The van der Waals surface area contributed by atoms with Gasteiger partial charge in [-0.3, -0.25) is 0 Å². The molecule has 1 heterocycles. The van der Waals surface area contributed by atoms with E-state index in [-0.39, 0.29) is 12.1 Å². The molecule has 1 aliphatic heterocycles. The number of ether oxygens (including phenoxy) is 1. The number of rotatable bonds is 5. The Kier molecular flexibility index (Phi) is 4.80. The van der Waals surface area contributed by atoms with Crippen molar-refractivity contribution < 1.29 is 9.53 Å². The Labute approximate surface area is 138 Å². The highest BCUT2D eigenvalue weighted by Crippen LogP contribution is 2.33. The number of carbonyl (C=O) groups excluding carboxylic acids is 1. The molecule has 0 aromatic heterocycles. The minimum absolute atomic E-state index is 0.165. The lowest BCUT2D eigenvalue weighted by atomic mass is 9.92. The minimum Gasteiger partial charge on any atom is -0.454 e. The molecular weight excluding hydrogens is 284 g/mol. The molecular formula is C21H24O2. The first-order valence-corrected chi connectivity index (χ1v) is 8.53. The van der Waals surface area contributed by atoms with Crippen LogP contribution in [0.25, 0.3) is 10.8 Å². The van der Waals surface area contributed by atoms with Gasteiger partial charge >= 0.3 is 5.97 Å². The standard InChI is InChI=1S/C21H24O2/c1-15(2)7-5-8-16-13-14-19(18-10-4-3-9-17(16)18)20-11-6-12-21(22)23-20/h3-4,6,9-10,12-15,20H,5,7-8,11H2,1-2H3. The Hall–Kier alpha value is -2.09. The summed E-state index contributed by atoms with van der Waals surface area (Å²) in [5.41, 5.74) is 2.51. The predicted octanol–water partition coefficient (Wildman–Crippen LogP) is 5.36. The lowest BCUT2D eigenvalue weighted by Crippen LogP contribution is -2.13. The van der Waals surface area contributed by atoms with E-state index >= 15 is 0 Å². The molecule has 0 aliphatic carbocycles. The molecule has 2 heteroatoms. The summed E-state index contributed by atoms with van der Waals surface area (Å²) < 4.78 is 5.51. The third kappa shape index (κ3) is 3.64. The van der Waals surface area contributed by atoms with Crippen molar-refractivity contribution in [3.63, 3.8) is 0 Å². The predicted molar refractivity (Wildman–Crippen MR) is 94.3 cm³/mol. The topological polar surface area (TPSA) is 26.3 Å². The average molecular weight is 308 g/mol. The van der Waals surface area contributed by atoms with Crippen LogP contribution in [0.4, 0.5) is 0 Å². The minimum atomic E-state index is -0.244. The molecule has 1 aliphatic rings. The van der Waals surface area contributed by atoms with Crippen LogP contribution < -0.4 is 0 Å². The zero-order valence-corrected chi connectivity index (χ0v) is 13.9. The number of carbonyl (C=O) groups is 1. The molecule has 0 bridgehead atoms. The normalized spacial score (nSPS) is 17.7. The lowest BCUT2D eigenvalue weighted by Gasteiger charge is -2.21. The van der Waals surface area contributed by atoms with Gasteiger partial charge in [-0.05, 0) is 35.1 Å². The fourth-order valence-corrected chi connectivity index (χ4v) is 3.29. The number of hydrogen-bond donors (Lipinski definition) is 0. The highest BCUT2D eigenvalue weighted by atomic mass is 16.5. The van der Waals surface area contributed by atoms with Crippen molar-refractivity contribution in [1.29, 1.82) is 0 Å². The average Bonchev–Trinajstić information content (AvgIpc) is 2.54. The van der Waals surface area contributed by atoms with Gasteiger partial charge in [0.05, 0.1) is 0 Å². The molecule has 0 saturated heterocycles. The van der Waals surface area contributed by atoms with E-state index < -0.39 is 0 Å². The van der Waals surface area contributed by atoms with Crippen molar-refractivity contribution in [2.45, 2.75) is 45.6 Å². The van der Waals surface area contributed by atoms with E-state index in [1.807, 2.05) is 6.08 Å². The van der Waals surface area contributed by atoms with Gasteiger partial charge in [0.15, 0.2) is 0 Å². The first kappa shape index (κ1) is 15.8. The summed E-state index contributed by atoms with van der Waals surface area (Å²) in [5.74, 6) is 0.500. The van der Waals surface area contributed by atoms with Crippen LogP contribution in [0.5, 0.6) is 0 Å². The van der Waals surface area contributed by atoms with Crippen molar-refractivity contribution in [3.05, 3.63) is 59.7 Å². The maximum atomic E-state index is 11.5. The summed E-state index contributed by atoms with van der Waals surface area (Å²) in [6.45, 7) is 4.54. The van der Waals surface area contributed by atoms with Gasteiger partial charge in [-0.2, -0.15) is 0 Å². The van der Waals surface area contributed by atoms with Crippen molar-refractivity contribution in [1.82, 2.24) is 0 Å². The molecule has 2 nitrogen and oxygen atoms in total. The van der Waals surface area contributed by atoms with Crippen molar-refractivity contribution in [2.24, 2.45) is 5.92 Å². The number of hydrogen-bond acceptors (Lipinski definition) is 2. The fourth-order valence-electron chi connectivity index (χ4n) is 3.29. The van der Waals surface area contributed by atoms with Gasteiger partial charge in [-0.15, -0.1) is 0 Å². The van der Waals surface area contributed by atoms with E-state index in [1.165, 1.54) is 35.3 Å². The monoisotopic (exact) mass is 308 g/mol. The Bertz CT molecular complexity index is 728. The maximum absolute atomic E-state index is 11.5. The van der Waals surface area contributed by atoms with Crippen LogP contribution in [-0.4, -0.2) is 5.97 Å². The molecule has 0 saturated carbocycles. The summed E-state index contributed by atoms with van der Waals surface area (Å²) in [7, 11) is 0.